The van der Waals surface area contributed by atoms with Gasteiger partial charge < -0.3 is 14.9 Å². The summed E-state index contributed by atoms with van der Waals surface area (Å²) in [6.07, 6.45) is 0. The standard InChI is InChI=1S/C9H14N2O3/c1-5(2)10-4-7-6(3)14-11-8(7)9(12)13/h5,10H,4H2,1-3H3,(H,12,13). The van der Waals surface area contributed by atoms with Crippen LogP contribution in [0.15, 0.2) is 4.52 Å². The monoisotopic (exact) mass is 198 g/mol. The van der Waals surface area contributed by atoms with Crippen molar-refractivity contribution < 1.29 is 14.4 Å². The molecule has 0 bridgehead atoms. The van der Waals surface area contributed by atoms with Gasteiger partial charge in [-0.3, -0.25) is 0 Å². The van der Waals surface area contributed by atoms with Gasteiger partial charge in [0.15, 0.2) is 5.69 Å². The zero-order chi connectivity index (χ0) is 10.7. The van der Waals surface area contributed by atoms with Crippen LogP contribution in [0.1, 0.15) is 35.7 Å². The molecular weight excluding hydrogens is 184 g/mol. The number of nitrogens with one attached hydrogen (secondary N) is 1. The molecule has 0 aliphatic rings. The Morgan fingerprint density at radius 3 is 2.79 bits per heavy atom. The zero-order valence-corrected chi connectivity index (χ0v) is 8.50. The van der Waals surface area contributed by atoms with E-state index in [0.717, 1.165) is 0 Å². The molecule has 5 nitrogen and oxygen atoms in total. The molecule has 0 spiro atoms. The molecule has 1 rings (SSSR count). The third-order valence-electron chi connectivity index (χ3n) is 1.87. The first kappa shape index (κ1) is 10.7. The Bertz CT molecular complexity index is 331. The minimum absolute atomic E-state index is 0.00403. The topological polar surface area (TPSA) is 75.4 Å². The molecule has 0 fully saturated rings. The first-order chi connectivity index (χ1) is 6.52. The van der Waals surface area contributed by atoms with Gasteiger partial charge in [0.2, 0.25) is 0 Å². The second-order valence-electron chi connectivity index (χ2n) is 3.41. The summed E-state index contributed by atoms with van der Waals surface area (Å²) in [5, 5.41) is 15.4. The molecule has 0 saturated carbocycles. The molecule has 0 aliphatic heterocycles. The molecule has 1 aromatic rings. The Balaban J connectivity index is 2.83. The summed E-state index contributed by atoms with van der Waals surface area (Å²) >= 11 is 0. The zero-order valence-electron chi connectivity index (χ0n) is 8.50. The molecule has 5 heteroatoms. The summed E-state index contributed by atoms with van der Waals surface area (Å²) in [7, 11) is 0. The summed E-state index contributed by atoms with van der Waals surface area (Å²) in [6.45, 7) is 6.15. The first-order valence-electron chi connectivity index (χ1n) is 4.44. The summed E-state index contributed by atoms with van der Waals surface area (Å²) in [5.74, 6) is -0.502. The summed E-state index contributed by atoms with van der Waals surface area (Å²) in [4.78, 5) is 10.7. The quantitative estimate of drug-likeness (QED) is 0.759. The van der Waals surface area contributed by atoms with Crippen LogP contribution >= 0.6 is 0 Å². The van der Waals surface area contributed by atoms with Crippen LogP contribution < -0.4 is 5.32 Å². The lowest BCUT2D eigenvalue weighted by Crippen LogP contribution is -2.23. The van der Waals surface area contributed by atoms with Crippen molar-refractivity contribution in [3.05, 3.63) is 17.0 Å². The predicted molar refractivity (Wildman–Crippen MR) is 50.2 cm³/mol. The van der Waals surface area contributed by atoms with Gasteiger partial charge in [-0.15, -0.1) is 0 Å². The van der Waals surface area contributed by atoms with Crippen molar-refractivity contribution in [3.63, 3.8) is 0 Å². The van der Waals surface area contributed by atoms with E-state index >= 15 is 0 Å². The number of carboxylic acids is 1. The molecule has 0 unspecified atom stereocenters. The van der Waals surface area contributed by atoms with Gasteiger partial charge >= 0.3 is 5.97 Å². The van der Waals surface area contributed by atoms with Gasteiger partial charge in [0, 0.05) is 18.2 Å². The van der Waals surface area contributed by atoms with Gasteiger partial charge in [0.25, 0.3) is 0 Å². The number of aryl methyl sites for hydroxylation is 1. The largest absolute Gasteiger partial charge is 0.476 e. The molecule has 78 valence electrons. The van der Waals surface area contributed by atoms with E-state index in [0.29, 0.717) is 23.9 Å². The Morgan fingerprint density at radius 1 is 1.64 bits per heavy atom. The highest BCUT2D eigenvalue weighted by molar-refractivity contribution is 5.87. The summed E-state index contributed by atoms with van der Waals surface area (Å²) in [6, 6.07) is 0.297. The maximum atomic E-state index is 10.7. The fourth-order valence-electron chi connectivity index (χ4n) is 1.07. The Morgan fingerprint density at radius 2 is 2.29 bits per heavy atom. The van der Waals surface area contributed by atoms with Crippen molar-refractivity contribution >= 4 is 5.97 Å². The van der Waals surface area contributed by atoms with Crippen molar-refractivity contribution in [2.45, 2.75) is 33.4 Å². The Labute approximate surface area is 82.1 Å². The van der Waals surface area contributed by atoms with Crippen LogP contribution in [-0.4, -0.2) is 22.3 Å². The minimum Gasteiger partial charge on any atom is -0.476 e. The first-order valence-corrected chi connectivity index (χ1v) is 4.44. The number of aromatic carboxylic acids is 1. The van der Waals surface area contributed by atoms with Crippen LogP contribution in [0.5, 0.6) is 0 Å². The second kappa shape index (κ2) is 4.23. The number of hydrogen-bond acceptors (Lipinski definition) is 4. The highest BCUT2D eigenvalue weighted by Crippen LogP contribution is 2.13. The molecule has 1 heterocycles. The van der Waals surface area contributed by atoms with E-state index in [2.05, 4.69) is 10.5 Å². The molecule has 1 aromatic heterocycles. The number of aromatic nitrogens is 1. The van der Waals surface area contributed by atoms with Crippen LogP contribution in [0, 0.1) is 6.92 Å². The molecule has 2 N–H and O–H groups in total. The lowest BCUT2D eigenvalue weighted by atomic mass is 10.2. The number of rotatable bonds is 4. The number of carboxylic acid groups (broad SMARTS) is 1. The van der Waals surface area contributed by atoms with Crippen molar-refractivity contribution in [2.24, 2.45) is 0 Å². The van der Waals surface area contributed by atoms with Gasteiger partial charge in [-0.1, -0.05) is 19.0 Å². The second-order valence-corrected chi connectivity index (χ2v) is 3.41. The van der Waals surface area contributed by atoms with E-state index < -0.39 is 5.97 Å². The summed E-state index contributed by atoms with van der Waals surface area (Å²) < 4.78 is 4.82. The highest BCUT2D eigenvalue weighted by Gasteiger charge is 2.18. The fraction of sp³-hybridized carbons (Fsp3) is 0.556. The van der Waals surface area contributed by atoms with Gasteiger partial charge in [0.05, 0.1) is 0 Å². The van der Waals surface area contributed by atoms with E-state index in [1.54, 1.807) is 6.92 Å². The number of nitrogens with zero attached hydrogens (tertiary/aromatic N) is 1. The molecule has 0 aliphatic carbocycles. The van der Waals surface area contributed by atoms with E-state index in [4.69, 9.17) is 9.63 Å². The van der Waals surface area contributed by atoms with Crippen LogP contribution in [0.3, 0.4) is 0 Å². The van der Waals surface area contributed by atoms with Crippen molar-refractivity contribution in [1.29, 1.82) is 0 Å². The maximum Gasteiger partial charge on any atom is 0.358 e. The Hall–Kier alpha value is -1.36. The highest BCUT2D eigenvalue weighted by atomic mass is 16.5. The average molecular weight is 198 g/mol. The molecule has 0 radical (unpaired) electrons. The van der Waals surface area contributed by atoms with E-state index in [-0.39, 0.29) is 5.69 Å². The van der Waals surface area contributed by atoms with Crippen molar-refractivity contribution in [2.75, 3.05) is 0 Å². The molecule has 0 saturated heterocycles. The van der Waals surface area contributed by atoms with Gasteiger partial charge in [-0.25, -0.2) is 4.79 Å². The molecule has 0 amide bonds. The molecule has 14 heavy (non-hydrogen) atoms. The third-order valence-corrected chi connectivity index (χ3v) is 1.87. The van der Waals surface area contributed by atoms with Crippen LogP contribution in [0.4, 0.5) is 0 Å². The minimum atomic E-state index is -1.05. The Kier molecular flexibility index (Phi) is 3.24. The maximum absolute atomic E-state index is 10.7. The van der Waals surface area contributed by atoms with Crippen molar-refractivity contribution in [3.8, 4) is 0 Å². The number of hydrogen-bond donors (Lipinski definition) is 2. The lowest BCUT2D eigenvalue weighted by molar-refractivity contribution is 0.0684. The predicted octanol–water partition coefficient (Wildman–Crippen LogP) is 1.18. The van der Waals surface area contributed by atoms with E-state index in [1.165, 1.54) is 0 Å². The SMILES string of the molecule is Cc1onc(C(=O)O)c1CNC(C)C. The summed E-state index contributed by atoms with van der Waals surface area (Å²) in [5.41, 5.74) is 0.613. The fourth-order valence-corrected chi connectivity index (χ4v) is 1.07. The van der Waals surface area contributed by atoms with Gasteiger partial charge in [0.1, 0.15) is 5.76 Å². The van der Waals surface area contributed by atoms with Crippen LogP contribution in [0.2, 0.25) is 0 Å². The number of carbonyl (C=O) groups is 1. The van der Waals surface area contributed by atoms with Gasteiger partial charge in [-0.2, -0.15) is 0 Å². The van der Waals surface area contributed by atoms with Gasteiger partial charge in [-0.05, 0) is 6.92 Å². The normalized spacial score (nSPS) is 10.9. The molecule has 0 atom stereocenters. The van der Waals surface area contributed by atoms with Crippen molar-refractivity contribution in [1.82, 2.24) is 10.5 Å². The average Bonchev–Trinajstić information content (AvgIpc) is 2.43. The lowest BCUT2D eigenvalue weighted by Gasteiger charge is -2.06. The van der Waals surface area contributed by atoms with Crippen LogP contribution in [0.25, 0.3) is 0 Å². The smallest absolute Gasteiger partial charge is 0.358 e. The molecule has 0 aromatic carbocycles. The molecular formula is C9H14N2O3. The van der Waals surface area contributed by atoms with E-state index in [9.17, 15) is 4.79 Å². The van der Waals surface area contributed by atoms with E-state index in [1.807, 2.05) is 13.8 Å². The third kappa shape index (κ3) is 2.32. The van der Waals surface area contributed by atoms with Crippen LogP contribution in [-0.2, 0) is 6.54 Å².